The molecule has 5 heteroatoms. The Bertz CT molecular complexity index is 495. The largest absolute Gasteiger partial charge is 0.392 e. The highest BCUT2D eigenvalue weighted by Crippen LogP contribution is 2.15. The van der Waals surface area contributed by atoms with Crippen molar-refractivity contribution in [2.24, 2.45) is 11.8 Å². The Kier molecular flexibility index (Phi) is 7.05. The van der Waals surface area contributed by atoms with Crippen molar-refractivity contribution in [2.75, 3.05) is 10.6 Å². The van der Waals surface area contributed by atoms with Crippen molar-refractivity contribution in [3.63, 3.8) is 0 Å². The summed E-state index contributed by atoms with van der Waals surface area (Å²) >= 11 is 0. The lowest BCUT2D eigenvalue weighted by Gasteiger charge is -2.14. The van der Waals surface area contributed by atoms with Crippen LogP contribution in [0.25, 0.3) is 0 Å². The number of carbonyl (C=O) groups excluding carboxylic acids is 2. The van der Waals surface area contributed by atoms with Gasteiger partial charge >= 0.3 is 0 Å². The molecule has 0 aliphatic carbocycles. The van der Waals surface area contributed by atoms with E-state index in [1.165, 1.54) is 0 Å². The topological polar surface area (TPSA) is 78.4 Å². The summed E-state index contributed by atoms with van der Waals surface area (Å²) in [4.78, 5) is 23.4. The lowest BCUT2D eigenvalue weighted by atomic mass is 10.0. The molecule has 0 radical (unpaired) electrons. The summed E-state index contributed by atoms with van der Waals surface area (Å²) < 4.78 is 0. The van der Waals surface area contributed by atoms with Crippen LogP contribution >= 0.6 is 0 Å². The molecule has 0 saturated heterocycles. The minimum atomic E-state index is -0.644. The molecule has 0 fully saturated rings. The average molecular weight is 306 g/mol. The molecule has 3 N–H and O–H groups in total. The Morgan fingerprint density at radius 2 is 1.32 bits per heavy atom. The summed E-state index contributed by atoms with van der Waals surface area (Å²) in [5.74, 6) is 0.111. The first-order valence-corrected chi connectivity index (χ1v) is 7.65. The number of nitrogens with one attached hydrogen (secondary N) is 2. The maximum atomic E-state index is 11.8. The van der Waals surface area contributed by atoms with Crippen LogP contribution in [0.4, 0.5) is 11.4 Å². The van der Waals surface area contributed by atoms with Crippen molar-refractivity contribution >= 4 is 23.2 Å². The van der Waals surface area contributed by atoms with Crippen molar-refractivity contribution in [3.05, 3.63) is 24.3 Å². The minimum Gasteiger partial charge on any atom is -0.392 e. The summed E-state index contributed by atoms with van der Waals surface area (Å²) in [6, 6.07) is 6.94. The molecule has 1 unspecified atom stereocenters. The molecule has 1 aromatic carbocycles. The molecule has 1 rings (SSSR count). The Balaban J connectivity index is 2.51. The zero-order valence-electron chi connectivity index (χ0n) is 13.7. The second-order valence-electron chi connectivity index (χ2n) is 6.29. The SMILES string of the molecule is CC(C)CC(=O)Nc1ccc(NC(=O)CC(O)C(C)C)cc1. The molecule has 0 spiro atoms. The van der Waals surface area contributed by atoms with Gasteiger partial charge in [-0.2, -0.15) is 0 Å². The van der Waals surface area contributed by atoms with E-state index in [0.29, 0.717) is 23.7 Å². The van der Waals surface area contributed by atoms with Gasteiger partial charge in [0.05, 0.1) is 12.5 Å². The maximum Gasteiger partial charge on any atom is 0.226 e. The van der Waals surface area contributed by atoms with Gasteiger partial charge in [-0.05, 0) is 36.1 Å². The van der Waals surface area contributed by atoms with Gasteiger partial charge in [-0.25, -0.2) is 0 Å². The zero-order chi connectivity index (χ0) is 16.7. The van der Waals surface area contributed by atoms with Crippen LogP contribution in [0.15, 0.2) is 24.3 Å². The van der Waals surface area contributed by atoms with Gasteiger partial charge in [0.25, 0.3) is 0 Å². The number of benzene rings is 1. The number of hydrogen-bond acceptors (Lipinski definition) is 3. The van der Waals surface area contributed by atoms with Crippen molar-refractivity contribution < 1.29 is 14.7 Å². The molecule has 0 aliphatic heterocycles. The smallest absolute Gasteiger partial charge is 0.226 e. The highest BCUT2D eigenvalue weighted by molar-refractivity contribution is 5.93. The van der Waals surface area contributed by atoms with Gasteiger partial charge < -0.3 is 15.7 Å². The lowest BCUT2D eigenvalue weighted by Crippen LogP contribution is -2.23. The molecule has 1 atom stereocenters. The van der Waals surface area contributed by atoms with E-state index in [1.54, 1.807) is 24.3 Å². The Morgan fingerprint density at radius 1 is 0.909 bits per heavy atom. The van der Waals surface area contributed by atoms with Crippen LogP contribution in [-0.4, -0.2) is 23.0 Å². The maximum absolute atomic E-state index is 11.8. The standard InChI is InChI=1S/C17H26N2O3/c1-11(2)9-16(21)18-13-5-7-14(8-6-13)19-17(22)10-15(20)12(3)4/h5-8,11-12,15,20H,9-10H2,1-4H3,(H,18,21)(H,19,22). The quantitative estimate of drug-likeness (QED) is 0.724. The third kappa shape index (κ3) is 6.72. The van der Waals surface area contributed by atoms with E-state index < -0.39 is 6.10 Å². The molecule has 5 nitrogen and oxygen atoms in total. The summed E-state index contributed by atoms with van der Waals surface area (Å²) in [7, 11) is 0. The summed E-state index contributed by atoms with van der Waals surface area (Å²) in [5.41, 5.74) is 1.34. The minimum absolute atomic E-state index is 0.0214. The van der Waals surface area contributed by atoms with Gasteiger partial charge in [0.2, 0.25) is 11.8 Å². The lowest BCUT2D eigenvalue weighted by molar-refractivity contribution is -0.119. The highest BCUT2D eigenvalue weighted by atomic mass is 16.3. The van der Waals surface area contributed by atoms with Gasteiger partial charge in [-0.15, -0.1) is 0 Å². The fraction of sp³-hybridized carbons (Fsp3) is 0.529. The van der Waals surface area contributed by atoms with Crippen LogP contribution in [0.3, 0.4) is 0 Å². The molecule has 0 aliphatic rings. The first kappa shape index (κ1) is 18.2. The van der Waals surface area contributed by atoms with E-state index >= 15 is 0 Å². The van der Waals surface area contributed by atoms with Gasteiger partial charge in [-0.3, -0.25) is 9.59 Å². The molecule has 2 amide bonds. The highest BCUT2D eigenvalue weighted by Gasteiger charge is 2.14. The molecule has 122 valence electrons. The van der Waals surface area contributed by atoms with Crippen molar-refractivity contribution in [1.82, 2.24) is 0 Å². The van der Waals surface area contributed by atoms with Crippen molar-refractivity contribution in [1.29, 1.82) is 0 Å². The van der Waals surface area contributed by atoms with Gasteiger partial charge in [-0.1, -0.05) is 27.7 Å². The predicted octanol–water partition coefficient (Wildman–Crippen LogP) is 3.02. The van der Waals surface area contributed by atoms with E-state index in [0.717, 1.165) is 0 Å². The Morgan fingerprint density at radius 3 is 1.68 bits per heavy atom. The molecule has 22 heavy (non-hydrogen) atoms. The number of aliphatic hydroxyl groups is 1. The summed E-state index contributed by atoms with van der Waals surface area (Å²) in [5, 5.41) is 15.2. The number of anilines is 2. The van der Waals surface area contributed by atoms with Gasteiger partial charge in [0.1, 0.15) is 0 Å². The fourth-order valence-corrected chi connectivity index (χ4v) is 1.86. The van der Waals surface area contributed by atoms with E-state index in [1.807, 2.05) is 27.7 Å². The number of aliphatic hydroxyl groups excluding tert-OH is 1. The number of carbonyl (C=O) groups is 2. The molecular weight excluding hydrogens is 280 g/mol. The van der Waals surface area contributed by atoms with Crippen LogP contribution < -0.4 is 10.6 Å². The van der Waals surface area contributed by atoms with Gasteiger partial charge in [0, 0.05) is 17.8 Å². The Hall–Kier alpha value is -1.88. The average Bonchev–Trinajstić information content (AvgIpc) is 2.39. The molecule has 0 bridgehead atoms. The number of amides is 2. The third-order valence-electron chi connectivity index (χ3n) is 3.21. The predicted molar refractivity (Wildman–Crippen MR) is 88.6 cm³/mol. The van der Waals surface area contributed by atoms with E-state index in [4.69, 9.17) is 0 Å². The van der Waals surface area contributed by atoms with E-state index in [2.05, 4.69) is 10.6 Å². The van der Waals surface area contributed by atoms with Gasteiger partial charge in [0.15, 0.2) is 0 Å². The van der Waals surface area contributed by atoms with E-state index in [9.17, 15) is 14.7 Å². The summed E-state index contributed by atoms with van der Waals surface area (Å²) in [6.45, 7) is 7.72. The zero-order valence-corrected chi connectivity index (χ0v) is 13.7. The molecule has 1 aromatic rings. The molecular formula is C17H26N2O3. The normalized spacial score (nSPS) is 12.3. The second-order valence-corrected chi connectivity index (χ2v) is 6.29. The van der Waals surface area contributed by atoms with Crippen LogP contribution in [0.1, 0.15) is 40.5 Å². The monoisotopic (exact) mass is 306 g/mol. The molecule has 0 saturated carbocycles. The van der Waals surface area contributed by atoms with Crippen LogP contribution in [0, 0.1) is 11.8 Å². The third-order valence-corrected chi connectivity index (χ3v) is 3.21. The summed E-state index contributed by atoms with van der Waals surface area (Å²) in [6.07, 6.45) is -0.0922. The number of rotatable bonds is 7. The molecule has 0 aromatic heterocycles. The fourth-order valence-electron chi connectivity index (χ4n) is 1.86. The number of hydrogen-bond donors (Lipinski definition) is 3. The van der Waals surface area contributed by atoms with Crippen LogP contribution in [0.2, 0.25) is 0 Å². The second kappa shape index (κ2) is 8.54. The van der Waals surface area contributed by atoms with Crippen molar-refractivity contribution in [2.45, 2.75) is 46.6 Å². The van der Waals surface area contributed by atoms with Crippen LogP contribution in [-0.2, 0) is 9.59 Å². The Labute approximate surface area is 132 Å². The van der Waals surface area contributed by atoms with Crippen LogP contribution in [0.5, 0.6) is 0 Å². The van der Waals surface area contributed by atoms with Crippen molar-refractivity contribution in [3.8, 4) is 0 Å². The van der Waals surface area contributed by atoms with E-state index in [-0.39, 0.29) is 24.2 Å². The first-order valence-electron chi connectivity index (χ1n) is 7.65. The molecule has 0 heterocycles. The first-order chi connectivity index (χ1) is 10.3.